The molecule has 10 heteroatoms. The maximum Gasteiger partial charge on any atom is 0.331 e. The molecule has 2 aromatic heterocycles. The normalized spacial score (nSPS) is 12.0. The topological polar surface area (TPSA) is 103 Å². The van der Waals surface area contributed by atoms with Gasteiger partial charge in [-0.25, -0.2) is 4.79 Å². The Kier molecular flexibility index (Phi) is 7.39. The van der Waals surface area contributed by atoms with Gasteiger partial charge in [0.25, 0.3) is 11.5 Å². The van der Waals surface area contributed by atoms with E-state index in [1.807, 2.05) is 24.3 Å². The number of fused-ring (bicyclic) bond motifs is 1. The zero-order chi connectivity index (χ0) is 25.1. The van der Waals surface area contributed by atoms with Crippen LogP contribution in [0.3, 0.4) is 0 Å². The molecule has 182 valence electrons. The van der Waals surface area contributed by atoms with Gasteiger partial charge in [-0.1, -0.05) is 35.9 Å². The third-order valence-electron chi connectivity index (χ3n) is 5.73. The highest BCUT2D eigenvalue weighted by atomic mass is 35.5. The van der Waals surface area contributed by atoms with Crippen LogP contribution < -0.4 is 21.3 Å². The molecule has 4 aromatic rings. The van der Waals surface area contributed by atoms with Gasteiger partial charge in [0, 0.05) is 25.2 Å². The molecular weight excluding hydrogens is 490 g/mol. The van der Waals surface area contributed by atoms with Gasteiger partial charge in [0.05, 0.1) is 23.5 Å². The first-order valence-corrected chi connectivity index (χ1v) is 12.1. The second-order valence-electron chi connectivity index (χ2n) is 8.01. The number of halogens is 1. The molecule has 1 amide bonds. The fourth-order valence-electron chi connectivity index (χ4n) is 3.71. The van der Waals surface area contributed by atoms with E-state index in [2.05, 4.69) is 5.32 Å². The molecule has 2 heterocycles. The molecule has 0 aliphatic carbocycles. The van der Waals surface area contributed by atoms with Crippen LogP contribution in [0.15, 0.2) is 64.2 Å². The minimum atomic E-state index is -0.860. The van der Waals surface area contributed by atoms with E-state index in [0.29, 0.717) is 26.8 Å². The van der Waals surface area contributed by atoms with Crippen molar-refractivity contribution in [3.8, 4) is 5.75 Å². The second-order valence-corrected chi connectivity index (χ2v) is 9.48. The van der Waals surface area contributed by atoms with Gasteiger partial charge in [0.15, 0.2) is 0 Å². The van der Waals surface area contributed by atoms with Crippen LogP contribution in [0.4, 0.5) is 0 Å². The summed E-state index contributed by atoms with van der Waals surface area (Å²) in [5.74, 6) is 0.390. The number of hydrogen-bond donors (Lipinski definition) is 2. The number of nitrogens with zero attached hydrogens (tertiary/aromatic N) is 2. The van der Waals surface area contributed by atoms with Crippen LogP contribution in [0.2, 0.25) is 5.02 Å². The molecule has 1 unspecified atom stereocenters. The largest absolute Gasteiger partial charge is 0.497 e. The monoisotopic (exact) mass is 513 g/mol. The minimum Gasteiger partial charge on any atom is -0.497 e. The maximum absolute atomic E-state index is 13.1. The number of hydrogen-bond acceptors (Lipinski definition) is 6. The molecule has 1 atom stereocenters. The van der Waals surface area contributed by atoms with Crippen LogP contribution in [0.25, 0.3) is 10.2 Å². The molecule has 0 fully saturated rings. The van der Waals surface area contributed by atoms with Crippen molar-refractivity contribution in [2.75, 3.05) is 7.11 Å². The zero-order valence-electron chi connectivity index (χ0n) is 19.2. The Balaban J connectivity index is 1.53. The van der Waals surface area contributed by atoms with E-state index in [-0.39, 0.29) is 24.3 Å². The highest BCUT2D eigenvalue weighted by Gasteiger charge is 2.18. The number of aliphatic hydroxyl groups excluding tert-OH is 1. The lowest BCUT2D eigenvalue weighted by Gasteiger charge is -2.13. The lowest BCUT2D eigenvalue weighted by atomic mass is 10.1. The molecule has 0 saturated heterocycles. The summed E-state index contributed by atoms with van der Waals surface area (Å²) < 4.78 is 7.58. The quantitative estimate of drug-likeness (QED) is 0.375. The third kappa shape index (κ3) is 5.32. The number of amides is 1. The Morgan fingerprint density at radius 3 is 2.49 bits per heavy atom. The number of carbonyl (C=O) groups is 1. The number of aliphatic hydroxyl groups is 1. The number of nitrogens with one attached hydrogen (secondary N) is 1. The van der Waals surface area contributed by atoms with Gasteiger partial charge in [0.1, 0.15) is 10.6 Å². The number of aryl methyl sites for hydroxylation is 1. The van der Waals surface area contributed by atoms with Crippen molar-refractivity contribution in [1.29, 1.82) is 0 Å². The van der Waals surface area contributed by atoms with Crippen LogP contribution >= 0.6 is 22.9 Å². The molecule has 0 spiro atoms. The number of thiophene rings is 1. The molecule has 2 N–H and O–H groups in total. The molecular formula is C25H24ClN3O5S. The van der Waals surface area contributed by atoms with Crippen molar-refractivity contribution < 1.29 is 14.6 Å². The van der Waals surface area contributed by atoms with E-state index in [4.69, 9.17) is 16.3 Å². The fraction of sp³-hybridized carbons (Fsp3) is 0.240. The van der Waals surface area contributed by atoms with Crippen molar-refractivity contribution in [3.63, 3.8) is 0 Å². The predicted octanol–water partition coefficient (Wildman–Crippen LogP) is 3.48. The van der Waals surface area contributed by atoms with Gasteiger partial charge in [-0.3, -0.25) is 18.7 Å². The SMILES string of the molecule is COc1ccc(CNC(=O)c2cc3c(=O)n(CCC(O)c4ccc(Cl)cc4)c(=O)n(C)c3s2)cc1. The summed E-state index contributed by atoms with van der Waals surface area (Å²) in [6, 6.07) is 15.6. The van der Waals surface area contributed by atoms with Crippen molar-refractivity contribution >= 4 is 39.1 Å². The van der Waals surface area contributed by atoms with Gasteiger partial charge in [0.2, 0.25) is 0 Å². The lowest BCUT2D eigenvalue weighted by Crippen LogP contribution is -2.38. The van der Waals surface area contributed by atoms with E-state index >= 15 is 0 Å². The Bertz CT molecular complexity index is 1470. The third-order valence-corrected chi connectivity index (χ3v) is 7.19. The van der Waals surface area contributed by atoms with Gasteiger partial charge >= 0.3 is 5.69 Å². The first-order valence-electron chi connectivity index (χ1n) is 10.9. The summed E-state index contributed by atoms with van der Waals surface area (Å²) in [6.07, 6.45) is -0.692. The van der Waals surface area contributed by atoms with Gasteiger partial charge in [-0.2, -0.15) is 0 Å². The number of ether oxygens (including phenoxy) is 1. The first-order chi connectivity index (χ1) is 16.8. The maximum atomic E-state index is 13.1. The second kappa shape index (κ2) is 10.5. The molecule has 8 nitrogen and oxygen atoms in total. The van der Waals surface area contributed by atoms with E-state index < -0.39 is 17.4 Å². The number of methoxy groups -OCH3 is 1. The average Bonchev–Trinajstić information content (AvgIpc) is 3.33. The fourth-order valence-corrected chi connectivity index (χ4v) is 4.86. The van der Waals surface area contributed by atoms with Crippen molar-refractivity contribution in [1.82, 2.24) is 14.5 Å². The Labute approximate surface area is 210 Å². The summed E-state index contributed by atoms with van der Waals surface area (Å²) in [5.41, 5.74) is 0.552. The standard InChI is InChI=1S/C25H24ClN3O5S/c1-28-24-19(13-21(35-24)22(31)27-14-15-3-9-18(34-2)10-4-15)23(32)29(25(28)33)12-11-20(30)16-5-7-17(26)8-6-16/h3-10,13,20,30H,11-12,14H2,1-2H3,(H,27,31). The molecule has 0 bridgehead atoms. The van der Waals surface area contributed by atoms with Crippen molar-refractivity contribution in [3.05, 3.63) is 96.5 Å². The summed E-state index contributed by atoms with van der Waals surface area (Å²) in [7, 11) is 3.15. The van der Waals surface area contributed by atoms with Crippen LogP contribution in [-0.4, -0.2) is 27.3 Å². The van der Waals surface area contributed by atoms with Crippen LogP contribution in [0.5, 0.6) is 5.75 Å². The number of benzene rings is 2. The Morgan fingerprint density at radius 2 is 1.83 bits per heavy atom. The van der Waals surface area contributed by atoms with Gasteiger partial charge in [-0.05, 0) is 47.9 Å². The Morgan fingerprint density at radius 1 is 1.14 bits per heavy atom. The number of aromatic nitrogens is 2. The predicted molar refractivity (Wildman–Crippen MR) is 137 cm³/mol. The molecule has 0 aliphatic rings. The van der Waals surface area contributed by atoms with Crippen LogP contribution in [0.1, 0.15) is 33.3 Å². The summed E-state index contributed by atoms with van der Waals surface area (Å²) in [4.78, 5) is 39.4. The summed E-state index contributed by atoms with van der Waals surface area (Å²) >= 11 is 6.98. The zero-order valence-corrected chi connectivity index (χ0v) is 20.7. The van der Waals surface area contributed by atoms with Crippen molar-refractivity contribution in [2.24, 2.45) is 7.05 Å². The highest BCUT2D eigenvalue weighted by molar-refractivity contribution is 7.20. The van der Waals surface area contributed by atoms with Gasteiger partial charge in [-0.15, -0.1) is 11.3 Å². The first kappa shape index (κ1) is 24.7. The molecule has 2 aromatic carbocycles. The molecule has 4 rings (SSSR count). The summed E-state index contributed by atoms with van der Waals surface area (Å²) in [5, 5.41) is 14.1. The van der Waals surface area contributed by atoms with E-state index in [1.165, 1.54) is 10.6 Å². The number of carbonyl (C=O) groups excluding carboxylic acids is 1. The smallest absolute Gasteiger partial charge is 0.331 e. The number of rotatable bonds is 8. The molecule has 0 aliphatic heterocycles. The van der Waals surface area contributed by atoms with E-state index in [1.54, 1.807) is 38.4 Å². The molecule has 0 radical (unpaired) electrons. The lowest BCUT2D eigenvalue weighted by molar-refractivity contribution is 0.0955. The van der Waals surface area contributed by atoms with Crippen molar-refractivity contribution in [2.45, 2.75) is 25.6 Å². The van der Waals surface area contributed by atoms with E-state index in [9.17, 15) is 19.5 Å². The summed E-state index contributed by atoms with van der Waals surface area (Å²) in [6.45, 7) is 0.336. The highest BCUT2D eigenvalue weighted by Crippen LogP contribution is 2.23. The molecule has 0 saturated carbocycles. The average molecular weight is 514 g/mol. The van der Waals surface area contributed by atoms with E-state index in [0.717, 1.165) is 27.2 Å². The molecule has 35 heavy (non-hydrogen) atoms. The van der Waals surface area contributed by atoms with Crippen LogP contribution in [0, 0.1) is 0 Å². The minimum absolute atomic E-state index is 0.0279. The van der Waals surface area contributed by atoms with Crippen LogP contribution in [-0.2, 0) is 20.1 Å². The Hall–Kier alpha value is -3.40. The van der Waals surface area contributed by atoms with Gasteiger partial charge < -0.3 is 15.2 Å².